The first-order valence-electron chi connectivity index (χ1n) is 2.93. The van der Waals surface area contributed by atoms with Gasteiger partial charge in [-0.1, -0.05) is 23.2 Å². The molecule has 1 heterocycles. The molecule has 0 aliphatic carbocycles. The van der Waals surface area contributed by atoms with Gasteiger partial charge in [0.05, 0.1) is 17.1 Å². The molecule has 12 heavy (non-hydrogen) atoms. The van der Waals surface area contributed by atoms with Crippen molar-refractivity contribution in [2.24, 2.45) is 0 Å². The Morgan fingerprint density at radius 1 is 1.67 bits per heavy atom. The van der Waals surface area contributed by atoms with Crippen molar-refractivity contribution in [2.45, 2.75) is 0 Å². The standard InChI is InChI=1S/C6H5Cl2NO2S/c1-11-6(10)9-3-2-4(7)12-5(3)8/h2H,1H3,(H,9,10). The third-order valence-electron chi connectivity index (χ3n) is 1.08. The molecule has 6 heteroatoms. The van der Waals surface area contributed by atoms with Crippen LogP contribution in [0.5, 0.6) is 0 Å². The second-order valence-electron chi connectivity index (χ2n) is 1.85. The minimum atomic E-state index is -0.564. The predicted octanol–water partition coefficient (Wildman–Crippen LogP) is 3.23. The highest BCUT2D eigenvalue weighted by Crippen LogP contribution is 2.35. The maximum Gasteiger partial charge on any atom is 0.411 e. The summed E-state index contributed by atoms with van der Waals surface area (Å²) in [7, 11) is 1.28. The number of amides is 1. The molecule has 0 atom stereocenters. The summed E-state index contributed by atoms with van der Waals surface area (Å²) in [5.41, 5.74) is 0.471. The Kier molecular flexibility index (Phi) is 3.20. The topological polar surface area (TPSA) is 38.3 Å². The highest BCUT2D eigenvalue weighted by atomic mass is 35.5. The molecular formula is C6H5Cl2NO2S. The summed E-state index contributed by atoms with van der Waals surface area (Å²) in [5.74, 6) is 0. The highest BCUT2D eigenvalue weighted by Gasteiger charge is 2.08. The zero-order valence-electron chi connectivity index (χ0n) is 6.06. The van der Waals surface area contributed by atoms with Crippen LogP contribution >= 0.6 is 34.5 Å². The minimum Gasteiger partial charge on any atom is -0.453 e. The minimum absolute atomic E-state index is 0.436. The van der Waals surface area contributed by atoms with Crippen LogP contribution < -0.4 is 5.32 Å². The van der Waals surface area contributed by atoms with Crippen LogP contribution in [0, 0.1) is 0 Å². The Hall–Kier alpha value is -0.450. The number of halogens is 2. The molecule has 66 valence electrons. The molecule has 1 rings (SSSR count). The first-order valence-corrected chi connectivity index (χ1v) is 4.50. The molecule has 0 saturated carbocycles. The van der Waals surface area contributed by atoms with Crippen molar-refractivity contribution < 1.29 is 9.53 Å². The number of nitrogens with one attached hydrogen (secondary N) is 1. The van der Waals surface area contributed by atoms with Gasteiger partial charge < -0.3 is 4.74 Å². The molecule has 1 aromatic rings. The zero-order valence-corrected chi connectivity index (χ0v) is 8.39. The first kappa shape index (κ1) is 9.64. The number of hydrogen-bond donors (Lipinski definition) is 1. The van der Waals surface area contributed by atoms with Crippen LogP contribution in [-0.2, 0) is 4.74 Å². The Bertz CT molecular complexity index is 300. The lowest BCUT2D eigenvalue weighted by atomic mass is 10.5. The van der Waals surface area contributed by atoms with Crippen LogP contribution in [0.4, 0.5) is 10.5 Å². The lowest BCUT2D eigenvalue weighted by Crippen LogP contribution is -2.10. The average Bonchev–Trinajstić information content (AvgIpc) is 2.30. The van der Waals surface area contributed by atoms with E-state index in [1.165, 1.54) is 18.4 Å². The monoisotopic (exact) mass is 225 g/mol. The van der Waals surface area contributed by atoms with E-state index in [-0.39, 0.29) is 0 Å². The van der Waals surface area contributed by atoms with E-state index in [1.807, 2.05) is 0 Å². The second-order valence-corrected chi connectivity index (χ2v) is 4.14. The Labute approximate surface area is 83.2 Å². The maximum atomic E-state index is 10.7. The Morgan fingerprint density at radius 2 is 2.33 bits per heavy atom. The molecule has 0 saturated heterocycles. The molecule has 1 amide bonds. The van der Waals surface area contributed by atoms with Crippen LogP contribution in [0.25, 0.3) is 0 Å². The van der Waals surface area contributed by atoms with Gasteiger partial charge in [0.25, 0.3) is 0 Å². The summed E-state index contributed by atoms with van der Waals surface area (Å²) in [6.45, 7) is 0. The van der Waals surface area contributed by atoms with E-state index < -0.39 is 6.09 Å². The fourth-order valence-corrected chi connectivity index (χ4v) is 1.96. The van der Waals surface area contributed by atoms with Gasteiger partial charge in [0.1, 0.15) is 4.34 Å². The normalized spacial score (nSPS) is 9.58. The smallest absolute Gasteiger partial charge is 0.411 e. The number of anilines is 1. The SMILES string of the molecule is COC(=O)Nc1cc(Cl)sc1Cl. The van der Waals surface area contributed by atoms with Gasteiger partial charge in [0.2, 0.25) is 0 Å². The predicted molar refractivity (Wildman–Crippen MR) is 50.4 cm³/mol. The van der Waals surface area contributed by atoms with E-state index in [0.29, 0.717) is 14.4 Å². The number of carbonyl (C=O) groups is 1. The van der Waals surface area contributed by atoms with Crippen LogP contribution in [0.1, 0.15) is 0 Å². The maximum absolute atomic E-state index is 10.7. The van der Waals surface area contributed by atoms with Gasteiger partial charge in [-0.15, -0.1) is 11.3 Å². The molecule has 1 N–H and O–H groups in total. The zero-order chi connectivity index (χ0) is 9.14. The van der Waals surface area contributed by atoms with Gasteiger partial charge in [0, 0.05) is 0 Å². The van der Waals surface area contributed by atoms with Crippen molar-refractivity contribution in [3.63, 3.8) is 0 Å². The summed E-state index contributed by atoms with van der Waals surface area (Å²) in [6, 6.07) is 1.56. The van der Waals surface area contributed by atoms with E-state index in [0.717, 1.165) is 0 Å². The van der Waals surface area contributed by atoms with Gasteiger partial charge in [-0.2, -0.15) is 0 Å². The van der Waals surface area contributed by atoms with Crippen molar-refractivity contribution in [3.8, 4) is 0 Å². The fourth-order valence-electron chi connectivity index (χ4n) is 0.586. The van der Waals surface area contributed by atoms with Crippen LogP contribution in [0.2, 0.25) is 8.67 Å². The highest BCUT2D eigenvalue weighted by molar-refractivity contribution is 7.20. The summed E-state index contributed by atoms with van der Waals surface area (Å²) in [6.07, 6.45) is -0.564. The van der Waals surface area contributed by atoms with Gasteiger partial charge in [-0.05, 0) is 6.07 Å². The van der Waals surface area contributed by atoms with Gasteiger partial charge in [-0.3, -0.25) is 5.32 Å². The van der Waals surface area contributed by atoms with Crippen molar-refractivity contribution in [1.82, 2.24) is 0 Å². The summed E-state index contributed by atoms with van der Waals surface area (Å²) in [5, 5.41) is 2.41. The summed E-state index contributed by atoms with van der Waals surface area (Å²) < 4.78 is 5.33. The van der Waals surface area contributed by atoms with Gasteiger partial charge >= 0.3 is 6.09 Å². The Morgan fingerprint density at radius 3 is 2.75 bits per heavy atom. The van der Waals surface area contributed by atoms with Crippen LogP contribution in [0.15, 0.2) is 6.07 Å². The molecule has 0 aromatic carbocycles. The van der Waals surface area contributed by atoms with Gasteiger partial charge in [-0.25, -0.2) is 4.79 Å². The number of hydrogen-bond acceptors (Lipinski definition) is 3. The van der Waals surface area contributed by atoms with Crippen molar-refractivity contribution in [1.29, 1.82) is 0 Å². The number of carbonyl (C=O) groups excluding carboxylic acids is 1. The molecular weight excluding hydrogens is 221 g/mol. The number of thiophene rings is 1. The quantitative estimate of drug-likeness (QED) is 0.798. The molecule has 1 aromatic heterocycles. The number of rotatable bonds is 1. The Balaban J connectivity index is 2.75. The van der Waals surface area contributed by atoms with Crippen LogP contribution in [0.3, 0.4) is 0 Å². The molecule has 0 unspecified atom stereocenters. The van der Waals surface area contributed by atoms with Crippen LogP contribution in [-0.4, -0.2) is 13.2 Å². The lowest BCUT2D eigenvalue weighted by molar-refractivity contribution is 0.187. The molecule has 0 spiro atoms. The number of methoxy groups -OCH3 is 1. The number of ether oxygens (including phenoxy) is 1. The van der Waals surface area contributed by atoms with E-state index in [2.05, 4.69) is 10.1 Å². The summed E-state index contributed by atoms with van der Waals surface area (Å²) >= 11 is 12.5. The third-order valence-corrected chi connectivity index (χ3v) is 2.57. The van der Waals surface area contributed by atoms with E-state index in [9.17, 15) is 4.79 Å². The lowest BCUT2D eigenvalue weighted by Gasteiger charge is -1.99. The average molecular weight is 226 g/mol. The molecule has 0 aliphatic rings. The largest absolute Gasteiger partial charge is 0.453 e. The van der Waals surface area contributed by atoms with E-state index in [4.69, 9.17) is 23.2 Å². The first-order chi connectivity index (χ1) is 5.63. The molecule has 3 nitrogen and oxygen atoms in total. The molecule has 0 bridgehead atoms. The summed E-state index contributed by atoms with van der Waals surface area (Å²) in [4.78, 5) is 10.7. The third kappa shape index (κ3) is 2.27. The van der Waals surface area contributed by atoms with Gasteiger partial charge in [0.15, 0.2) is 0 Å². The van der Waals surface area contributed by atoms with Crippen molar-refractivity contribution in [3.05, 3.63) is 14.7 Å². The van der Waals surface area contributed by atoms with Crippen molar-refractivity contribution >= 4 is 46.3 Å². The van der Waals surface area contributed by atoms with Crippen molar-refractivity contribution in [2.75, 3.05) is 12.4 Å². The second kappa shape index (κ2) is 3.98. The molecule has 0 radical (unpaired) electrons. The fraction of sp³-hybridized carbons (Fsp3) is 0.167. The van der Waals surface area contributed by atoms with E-state index in [1.54, 1.807) is 6.07 Å². The molecule has 0 aliphatic heterocycles. The molecule has 0 fully saturated rings. The van der Waals surface area contributed by atoms with E-state index >= 15 is 0 Å².